The Morgan fingerprint density at radius 2 is 1.26 bits per heavy atom. The van der Waals surface area contributed by atoms with Gasteiger partial charge in [0.05, 0.1) is 17.8 Å². The predicted molar refractivity (Wildman–Crippen MR) is 128 cm³/mol. The van der Waals surface area contributed by atoms with E-state index < -0.39 is 0 Å². The number of aryl methyl sites for hydroxylation is 1. The van der Waals surface area contributed by atoms with Crippen molar-refractivity contribution >= 4 is 22.7 Å². The fourth-order valence-electron chi connectivity index (χ4n) is 4.22. The summed E-state index contributed by atoms with van der Waals surface area (Å²) in [5, 5.41) is 0. The molecule has 0 bridgehead atoms. The molecule has 1 amide bonds. The van der Waals surface area contributed by atoms with Crippen molar-refractivity contribution in [2.75, 3.05) is 4.90 Å². The van der Waals surface area contributed by atoms with Crippen LogP contribution in [0.4, 0.5) is 5.69 Å². The van der Waals surface area contributed by atoms with Crippen molar-refractivity contribution in [1.82, 2.24) is 0 Å². The van der Waals surface area contributed by atoms with Crippen LogP contribution in [-0.2, 0) is 11.3 Å². The van der Waals surface area contributed by atoms with E-state index in [0.717, 1.165) is 39.1 Å². The van der Waals surface area contributed by atoms with Gasteiger partial charge in [-0.05, 0) is 29.7 Å². The van der Waals surface area contributed by atoms with E-state index in [1.54, 1.807) is 0 Å². The lowest BCUT2D eigenvalue weighted by atomic mass is 9.90. The normalized spacial score (nSPS) is 14.5. The van der Waals surface area contributed by atoms with Crippen molar-refractivity contribution in [3.05, 3.63) is 137 Å². The van der Waals surface area contributed by atoms with Gasteiger partial charge >= 0.3 is 0 Å². The average Bonchev–Trinajstić information content (AvgIpc) is 3.08. The van der Waals surface area contributed by atoms with Crippen LogP contribution < -0.4 is 4.90 Å². The van der Waals surface area contributed by atoms with Crippen LogP contribution in [0.3, 0.4) is 0 Å². The summed E-state index contributed by atoms with van der Waals surface area (Å²) in [5.74, 6) is 0.0458. The fourth-order valence-corrected chi connectivity index (χ4v) is 4.22. The van der Waals surface area contributed by atoms with E-state index in [1.807, 2.05) is 59.5 Å². The summed E-state index contributed by atoms with van der Waals surface area (Å²) in [4.78, 5) is 15.8. The Labute approximate surface area is 183 Å². The Morgan fingerprint density at radius 1 is 0.677 bits per heavy atom. The fraction of sp³-hybridized carbons (Fsp3) is 0.0690. The van der Waals surface area contributed by atoms with Gasteiger partial charge in [0, 0.05) is 11.1 Å². The number of fused-ring (bicyclic) bond motifs is 1. The van der Waals surface area contributed by atoms with Crippen LogP contribution in [0.1, 0.15) is 27.8 Å². The van der Waals surface area contributed by atoms with Crippen LogP contribution in [0.5, 0.6) is 0 Å². The Bertz CT molecular complexity index is 1260. The molecule has 0 N–H and O–H groups in total. The second-order valence-electron chi connectivity index (χ2n) is 7.88. The Kier molecular flexibility index (Phi) is 4.97. The minimum absolute atomic E-state index is 0.0458. The summed E-state index contributed by atoms with van der Waals surface area (Å²) in [6.45, 7) is 2.63. The van der Waals surface area contributed by atoms with Crippen LogP contribution in [0, 0.1) is 6.92 Å². The molecule has 0 atom stereocenters. The second-order valence-corrected chi connectivity index (χ2v) is 7.88. The van der Waals surface area contributed by atoms with Gasteiger partial charge in [0.25, 0.3) is 5.91 Å². The van der Waals surface area contributed by atoms with Crippen LogP contribution in [0.2, 0.25) is 0 Å². The van der Waals surface area contributed by atoms with E-state index in [2.05, 4.69) is 61.5 Å². The minimum Gasteiger partial charge on any atom is -0.303 e. The third-order valence-electron chi connectivity index (χ3n) is 5.76. The molecule has 0 aromatic heterocycles. The molecular weight excluding hydrogens is 378 g/mol. The van der Waals surface area contributed by atoms with Crippen molar-refractivity contribution in [1.29, 1.82) is 0 Å². The molecule has 5 rings (SSSR count). The molecule has 150 valence electrons. The first-order chi connectivity index (χ1) is 15.2. The van der Waals surface area contributed by atoms with Gasteiger partial charge in [-0.25, -0.2) is 0 Å². The average molecular weight is 402 g/mol. The third kappa shape index (κ3) is 3.57. The van der Waals surface area contributed by atoms with E-state index >= 15 is 0 Å². The molecule has 2 heteroatoms. The van der Waals surface area contributed by atoms with Crippen LogP contribution >= 0.6 is 0 Å². The standard InChI is InChI=1S/C29H23NO/c1-21-16-18-24(19-17-21)27(23-12-6-3-7-13-23)28-25-14-8-9-15-26(25)30(29(28)31)20-22-10-4-2-5-11-22/h2-19H,20H2,1H3/b28-27+. The molecule has 1 heterocycles. The van der Waals surface area contributed by atoms with Gasteiger partial charge in [0.2, 0.25) is 0 Å². The summed E-state index contributed by atoms with van der Waals surface area (Å²) < 4.78 is 0. The minimum atomic E-state index is 0.0458. The quantitative estimate of drug-likeness (QED) is 0.357. The number of rotatable bonds is 4. The van der Waals surface area contributed by atoms with Gasteiger partial charge in [0.15, 0.2) is 0 Å². The molecule has 31 heavy (non-hydrogen) atoms. The number of anilines is 1. The van der Waals surface area contributed by atoms with Gasteiger partial charge in [0.1, 0.15) is 0 Å². The lowest BCUT2D eigenvalue weighted by molar-refractivity contribution is -0.113. The van der Waals surface area contributed by atoms with Crippen molar-refractivity contribution in [2.45, 2.75) is 13.5 Å². The number of nitrogens with zero attached hydrogens (tertiary/aromatic N) is 1. The SMILES string of the molecule is Cc1ccc(/C(=C2/C(=O)N(Cc3ccccc3)c3ccccc32)c2ccccc2)cc1. The number of hydrogen-bond donors (Lipinski definition) is 0. The number of benzene rings is 4. The molecule has 0 saturated heterocycles. The predicted octanol–water partition coefficient (Wildman–Crippen LogP) is 6.50. The number of carbonyl (C=O) groups excluding carboxylic acids is 1. The monoisotopic (exact) mass is 401 g/mol. The summed E-state index contributed by atoms with van der Waals surface area (Å²) in [5.41, 5.74) is 8.11. The number of carbonyl (C=O) groups is 1. The Balaban J connectivity index is 1.73. The van der Waals surface area contributed by atoms with E-state index in [9.17, 15) is 4.79 Å². The summed E-state index contributed by atoms with van der Waals surface area (Å²) in [6, 6.07) is 36.9. The Morgan fingerprint density at radius 3 is 1.97 bits per heavy atom. The number of hydrogen-bond acceptors (Lipinski definition) is 1. The molecule has 0 saturated carbocycles. The maximum Gasteiger partial charge on any atom is 0.259 e. The topological polar surface area (TPSA) is 20.3 Å². The van der Waals surface area contributed by atoms with Gasteiger partial charge in [-0.15, -0.1) is 0 Å². The van der Waals surface area contributed by atoms with E-state index in [-0.39, 0.29) is 5.91 Å². The smallest absolute Gasteiger partial charge is 0.259 e. The van der Waals surface area contributed by atoms with Crippen LogP contribution in [-0.4, -0.2) is 5.91 Å². The lowest BCUT2D eigenvalue weighted by Gasteiger charge is -2.18. The van der Waals surface area contributed by atoms with Crippen molar-refractivity contribution in [3.8, 4) is 0 Å². The first-order valence-corrected chi connectivity index (χ1v) is 10.5. The van der Waals surface area contributed by atoms with E-state index in [0.29, 0.717) is 6.54 Å². The van der Waals surface area contributed by atoms with Gasteiger partial charge in [-0.2, -0.15) is 0 Å². The van der Waals surface area contributed by atoms with Crippen LogP contribution in [0.25, 0.3) is 11.1 Å². The number of amides is 1. The highest BCUT2D eigenvalue weighted by Crippen LogP contribution is 2.43. The first-order valence-electron chi connectivity index (χ1n) is 10.5. The largest absolute Gasteiger partial charge is 0.303 e. The third-order valence-corrected chi connectivity index (χ3v) is 5.76. The zero-order valence-corrected chi connectivity index (χ0v) is 17.5. The molecule has 0 unspecified atom stereocenters. The molecule has 0 fully saturated rings. The molecule has 4 aromatic rings. The van der Waals surface area contributed by atoms with E-state index in [4.69, 9.17) is 0 Å². The maximum absolute atomic E-state index is 13.9. The molecule has 4 aromatic carbocycles. The molecule has 1 aliphatic rings. The molecule has 2 nitrogen and oxygen atoms in total. The molecular formula is C29H23NO. The number of para-hydroxylation sites is 1. The highest BCUT2D eigenvalue weighted by atomic mass is 16.2. The first kappa shape index (κ1) is 19.1. The highest BCUT2D eigenvalue weighted by molar-refractivity contribution is 6.38. The highest BCUT2D eigenvalue weighted by Gasteiger charge is 2.35. The van der Waals surface area contributed by atoms with Gasteiger partial charge in [-0.3, -0.25) is 4.79 Å². The summed E-state index contributed by atoms with van der Waals surface area (Å²) >= 11 is 0. The zero-order chi connectivity index (χ0) is 21.2. The molecule has 0 spiro atoms. The molecule has 0 radical (unpaired) electrons. The summed E-state index contributed by atoms with van der Waals surface area (Å²) in [7, 11) is 0. The maximum atomic E-state index is 13.9. The van der Waals surface area contributed by atoms with Crippen molar-refractivity contribution < 1.29 is 4.79 Å². The van der Waals surface area contributed by atoms with E-state index in [1.165, 1.54) is 5.56 Å². The molecule has 1 aliphatic heterocycles. The lowest BCUT2D eigenvalue weighted by Crippen LogP contribution is -2.26. The van der Waals surface area contributed by atoms with Gasteiger partial charge in [-0.1, -0.05) is 109 Å². The van der Waals surface area contributed by atoms with Gasteiger partial charge < -0.3 is 4.90 Å². The van der Waals surface area contributed by atoms with Crippen LogP contribution in [0.15, 0.2) is 109 Å². The van der Waals surface area contributed by atoms with Crippen molar-refractivity contribution in [3.63, 3.8) is 0 Å². The molecule has 0 aliphatic carbocycles. The second kappa shape index (κ2) is 8.08. The zero-order valence-electron chi connectivity index (χ0n) is 17.5. The van der Waals surface area contributed by atoms with Crippen molar-refractivity contribution in [2.24, 2.45) is 0 Å². The Hall–Kier alpha value is -3.91. The summed E-state index contributed by atoms with van der Waals surface area (Å²) in [6.07, 6.45) is 0.